The zero-order chi connectivity index (χ0) is 21.8. The summed E-state index contributed by atoms with van der Waals surface area (Å²) in [4.78, 5) is 2.36. The molecule has 0 saturated heterocycles. The first-order valence-electron chi connectivity index (χ1n) is 11.2. The molecular weight excluding hydrogens is 382 g/mol. The van der Waals surface area contributed by atoms with Gasteiger partial charge in [0.1, 0.15) is 18.1 Å². The molecule has 4 aromatic carbocycles. The first kappa shape index (κ1) is 21.2. The fourth-order valence-electron chi connectivity index (χ4n) is 4.38. The number of benzene rings is 4. The van der Waals surface area contributed by atoms with Crippen molar-refractivity contribution in [2.24, 2.45) is 0 Å². The molecule has 0 heterocycles. The van der Waals surface area contributed by atoms with Crippen LogP contribution in [-0.2, 0) is 6.42 Å². The van der Waals surface area contributed by atoms with Crippen LogP contribution in [-0.4, -0.2) is 36.2 Å². The molecule has 0 bridgehead atoms. The second kappa shape index (κ2) is 9.40. The number of phenols is 1. The summed E-state index contributed by atoms with van der Waals surface area (Å²) < 4.78 is 6.31. The Morgan fingerprint density at radius 2 is 1.45 bits per heavy atom. The highest BCUT2D eigenvalue weighted by atomic mass is 16.5. The number of phenolic OH excluding ortho intramolecular Hbond substituents is 1. The first-order valence-corrected chi connectivity index (χ1v) is 11.2. The predicted molar refractivity (Wildman–Crippen MR) is 130 cm³/mol. The van der Waals surface area contributed by atoms with E-state index >= 15 is 0 Å². The number of aryl methyl sites for hydroxylation is 1. The zero-order valence-electron chi connectivity index (χ0n) is 18.7. The van der Waals surface area contributed by atoms with Crippen molar-refractivity contribution in [1.29, 1.82) is 0 Å². The molecule has 0 fully saturated rings. The molecule has 4 aromatic rings. The van der Waals surface area contributed by atoms with E-state index in [9.17, 15) is 5.11 Å². The number of fused-ring (bicyclic) bond motifs is 2. The van der Waals surface area contributed by atoms with Gasteiger partial charge in [-0.2, -0.15) is 0 Å². The number of nitrogens with zero attached hydrogens (tertiary/aromatic N) is 1. The molecule has 0 aliphatic heterocycles. The van der Waals surface area contributed by atoms with E-state index in [0.29, 0.717) is 18.8 Å². The van der Waals surface area contributed by atoms with E-state index in [0.717, 1.165) is 52.8 Å². The van der Waals surface area contributed by atoms with Gasteiger partial charge in [0.25, 0.3) is 0 Å². The topological polar surface area (TPSA) is 32.7 Å². The highest BCUT2D eigenvalue weighted by Crippen LogP contribution is 2.37. The van der Waals surface area contributed by atoms with Gasteiger partial charge in [0.05, 0.1) is 0 Å². The Hall–Kier alpha value is -3.04. The molecule has 1 N–H and O–H groups in total. The van der Waals surface area contributed by atoms with Crippen molar-refractivity contribution in [2.45, 2.75) is 27.2 Å². The molecule has 0 atom stereocenters. The third kappa shape index (κ3) is 4.38. The molecule has 0 saturated carbocycles. The van der Waals surface area contributed by atoms with Gasteiger partial charge in [0.2, 0.25) is 0 Å². The average Bonchev–Trinajstić information content (AvgIpc) is 2.80. The smallest absolute Gasteiger partial charge is 0.123 e. The normalized spacial score (nSPS) is 11.5. The Balaban J connectivity index is 1.78. The summed E-state index contributed by atoms with van der Waals surface area (Å²) >= 11 is 0. The average molecular weight is 414 g/mol. The predicted octanol–water partition coefficient (Wildman–Crippen LogP) is 6.32. The fraction of sp³-hybridized carbons (Fsp3) is 0.286. The zero-order valence-corrected chi connectivity index (χ0v) is 18.7. The minimum absolute atomic E-state index is 0.376. The number of hydrogen-bond donors (Lipinski definition) is 1. The number of likely N-dealkylation sites (N-methyl/N-ethyl adjacent to an activating group) is 1. The maximum atomic E-state index is 11.0. The summed E-state index contributed by atoms with van der Waals surface area (Å²) in [6.45, 7) is 9.91. The molecule has 3 nitrogen and oxygen atoms in total. The van der Waals surface area contributed by atoms with Crippen molar-refractivity contribution >= 4 is 21.5 Å². The van der Waals surface area contributed by atoms with Crippen molar-refractivity contribution in [1.82, 2.24) is 4.90 Å². The molecule has 4 rings (SSSR count). The molecule has 0 aliphatic carbocycles. The highest BCUT2D eigenvalue weighted by molar-refractivity contribution is 5.92. The Morgan fingerprint density at radius 1 is 0.806 bits per heavy atom. The summed E-state index contributed by atoms with van der Waals surface area (Å²) in [5.74, 6) is 1.27. The molecule has 0 amide bonds. The van der Waals surface area contributed by atoms with Crippen LogP contribution in [0.4, 0.5) is 0 Å². The van der Waals surface area contributed by atoms with Crippen LogP contribution < -0.4 is 4.74 Å². The lowest BCUT2D eigenvalue weighted by Crippen LogP contribution is -2.28. The Bertz CT molecular complexity index is 1190. The van der Waals surface area contributed by atoms with Crippen LogP contribution in [0, 0.1) is 6.92 Å². The number of aromatic hydroxyl groups is 1. The molecule has 3 heteroatoms. The molecule has 0 spiro atoms. The lowest BCUT2D eigenvalue weighted by molar-refractivity contribution is 0.222. The Labute approximate surface area is 184 Å². The summed E-state index contributed by atoms with van der Waals surface area (Å²) in [7, 11) is 0. The minimum Gasteiger partial charge on any atom is -0.507 e. The molecular formula is C28H31NO2. The maximum Gasteiger partial charge on any atom is 0.123 e. The molecule has 0 unspecified atom stereocenters. The van der Waals surface area contributed by atoms with Crippen LogP contribution in [0.3, 0.4) is 0 Å². The monoisotopic (exact) mass is 413 g/mol. The largest absolute Gasteiger partial charge is 0.507 e. The number of ether oxygens (including phenoxy) is 1. The fourth-order valence-corrected chi connectivity index (χ4v) is 4.38. The van der Waals surface area contributed by atoms with Crippen LogP contribution in [0.1, 0.15) is 30.5 Å². The van der Waals surface area contributed by atoms with Crippen molar-refractivity contribution in [3.63, 3.8) is 0 Å². The van der Waals surface area contributed by atoms with Crippen LogP contribution in [0.25, 0.3) is 21.5 Å². The van der Waals surface area contributed by atoms with E-state index in [1.807, 2.05) is 19.1 Å². The van der Waals surface area contributed by atoms with E-state index in [1.165, 1.54) is 10.8 Å². The first-order chi connectivity index (χ1) is 15.1. The van der Waals surface area contributed by atoms with Crippen LogP contribution in [0.2, 0.25) is 0 Å². The lowest BCUT2D eigenvalue weighted by atomic mass is 9.92. The van der Waals surface area contributed by atoms with E-state index < -0.39 is 0 Å². The molecule has 160 valence electrons. The Kier molecular flexibility index (Phi) is 6.43. The summed E-state index contributed by atoms with van der Waals surface area (Å²) in [5.41, 5.74) is 2.99. The van der Waals surface area contributed by atoms with Crippen LogP contribution in [0.15, 0.2) is 66.7 Å². The van der Waals surface area contributed by atoms with Gasteiger partial charge in [-0.15, -0.1) is 0 Å². The second-order valence-electron chi connectivity index (χ2n) is 8.06. The van der Waals surface area contributed by atoms with Gasteiger partial charge in [0.15, 0.2) is 0 Å². The van der Waals surface area contributed by atoms with Crippen molar-refractivity contribution in [2.75, 3.05) is 26.2 Å². The van der Waals surface area contributed by atoms with Gasteiger partial charge < -0.3 is 14.7 Å². The summed E-state index contributed by atoms with van der Waals surface area (Å²) in [6, 6.07) is 22.9. The van der Waals surface area contributed by atoms with E-state index in [2.05, 4.69) is 73.3 Å². The third-order valence-electron chi connectivity index (χ3n) is 6.23. The quantitative estimate of drug-likeness (QED) is 0.367. The van der Waals surface area contributed by atoms with Gasteiger partial charge in [-0.3, -0.25) is 0 Å². The van der Waals surface area contributed by atoms with Crippen molar-refractivity contribution in [3.8, 4) is 11.5 Å². The standard InChI is InChI=1S/C28H31NO2/c1-4-29(5-2)16-17-31-27-15-14-21-10-6-8-12-23(21)25(27)19-26-24-13-9-7-11-22(24)18-20(3)28(26)30/h6-15,18,30H,4-5,16-17,19H2,1-3H3. The van der Waals surface area contributed by atoms with Crippen molar-refractivity contribution in [3.05, 3.63) is 83.4 Å². The second-order valence-corrected chi connectivity index (χ2v) is 8.06. The van der Waals surface area contributed by atoms with Gasteiger partial charge in [-0.05, 0) is 59.3 Å². The number of rotatable bonds is 8. The van der Waals surface area contributed by atoms with E-state index in [4.69, 9.17) is 4.74 Å². The Morgan fingerprint density at radius 3 is 2.16 bits per heavy atom. The minimum atomic E-state index is 0.376. The van der Waals surface area contributed by atoms with E-state index in [1.54, 1.807) is 0 Å². The maximum absolute atomic E-state index is 11.0. The third-order valence-corrected chi connectivity index (χ3v) is 6.23. The lowest BCUT2D eigenvalue weighted by Gasteiger charge is -2.20. The van der Waals surface area contributed by atoms with Gasteiger partial charge >= 0.3 is 0 Å². The number of hydrogen-bond acceptors (Lipinski definition) is 3. The van der Waals surface area contributed by atoms with Gasteiger partial charge in [-0.1, -0.05) is 68.4 Å². The van der Waals surface area contributed by atoms with E-state index in [-0.39, 0.29) is 0 Å². The molecule has 31 heavy (non-hydrogen) atoms. The van der Waals surface area contributed by atoms with Gasteiger partial charge in [-0.25, -0.2) is 0 Å². The highest BCUT2D eigenvalue weighted by Gasteiger charge is 2.16. The summed E-state index contributed by atoms with van der Waals surface area (Å²) in [5, 5.41) is 15.6. The van der Waals surface area contributed by atoms with Gasteiger partial charge in [0, 0.05) is 24.1 Å². The van der Waals surface area contributed by atoms with Crippen molar-refractivity contribution < 1.29 is 9.84 Å². The SMILES string of the molecule is CCN(CC)CCOc1ccc2ccccc2c1Cc1c(O)c(C)cc2ccccc12. The molecule has 0 aromatic heterocycles. The van der Waals surface area contributed by atoms with Crippen LogP contribution in [0.5, 0.6) is 11.5 Å². The summed E-state index contributed by atoms with van der Waals surface area (Å²) in [6.07, 6.45) is 0.621. The molecule has 0 aliphatic rings. The molecule has 0 radical (unpaired) electrons. The van der Waals surface area contributed by atoms with Crippen LogP contribution >= 0.6 is 0 Å².